The van der Waals surface area contributed by atoms with Crippen LogP contribution in [0.3, 0.4) is 0 Å². The fraction of sp³-hybridized carbons (Fsp3) is 0.368. The van der Waals surface area contributed by atoms with Gasteiger partial charge in [-0.1, -0.05) is 12.1 Å². The van der Waals surface area contributed by atoms with Crippen molar-refractivity contribution >= 4 is 11.9 Å². The van der Waals surface area contributed by atoms with Crippen LogP contribution in [0.5, 0.6) is 5.75 Å². The number of rotatable bonds is 8. The van der Waals surface area contributed by atoms with Crippen molar-refractivity contribution in [3.05, 3.63) is 57.0 Å². The van der Waals surface area contributed by atoms with Crippen LogP contribution in [0.15, 0.2) is 29.1 Å². The molecular formula is C19H23N3O5. The van der Waals surface area contributed by atoms with Gasteiger partial charge >= 0.3 is 5.97 Å². The Morgan fingerprint density at radius 3 is 2.52 bits per heavy atom. The molecule has 3 N–H and O–H groups in total. The number of ether oxygens (including phenoxy) is 1. The van der Waals surface area contributed by atoms with Crippen LogP contribution in [0, 0.1) is 19.8 Å². The number of hydrogen-bond donors (Lipinski definition) is 3. The molecule has 2 aromatic rings. The molecule has 0 saturated carbocycles. The summed E-state index contributed by atoms with van der Waals surface area (Å²) >= 11 is 0. The van der Waals surface area contributed by atoms with E-state index in [4.69, 9.17) is 4.74 Å². The molecule has 1 heterocycles. The van der Waals surface area contributed by atoms with E-state index in [1.165, 1.54) is 0 Å². The van der Waals surface area contributed by atoms with Crippen LogP contribution in [0.4, 0.5) is 0 Å². The maximum absolute atomic E-state index is 12.4. The van der Waals surface area contributed by atoms with Crippen molar-refractivity contribution in [2.75, 3.05) is 13.2 Å². The van der Waals surface area contributed by atoms with Gasteiger partial charge in [-0.3, -0.25) is 14.4 Å². The third-order valence-electron chi connectivity index (χ3n) is 4.27. The zero-order valence-electron chi connectivity index (χ0n) is 15.5. The number of nitrogens with zero attached hydrogens (tertiary/aromatic N) is 1. The van der Waals surface area contributed by atoms with E-state index >= 15 is 0 Å². The second-order valence-electron chi connectivity index (χ2n) is 6.16. The Labute approximate surface area is 156 Å². The summed E-state index contributed by atoms with van der Waals surface area (Å²) in [6.45, 7) is 5.64. The van der Waals surface area contributed by atoms with Crippen molar-refractivity contribution < 1.29 is 19.4 Å². The quantitative estimate of drug-likeness (QED) is 0.644. The van der Waals surface area contributed by atoms with Crippen LogP contribution in [-0.4, -0.2) is 40.3 Å². The highest BCUT2D eigenvalue weighted by atomic mass is 16.5. The standard InChI is InChI=1S/C19H23N3O5/c1-4-27-15-7-5-13(6-8-15)9-14(19(25)26)10-20-17(23)16-11(2)12(3)21-22-18(16)24/h5-8,14H,4,9-10H2,1-3H3,(H,20,23)(H,22,24)(H,25,26). The Hall–Kier alpha value is -3.16. The lowest BCUT2D eigenvalue weighted by Gasteiger charge is -2.14. The van der Waals surface area contributed by atoms with E-state index < -0.39 is 23.4 Å². The lowest BCUT2D eigenvalue weighted by Crippen LogP contribution is -2.37. The van der Waals surface area contributed by atoms with Crippen molar-refractivity contribution in [3.63, 3.8) is 0 Å². The zero-order chi connectivity index (χ0) is 20.0. The average Bonchev–Trinajstić information content (AvgIpc) is 2.63. The molecule has 2 rings (SSSR count). The number of carboxylic acid groups (broad SMARTS) is 1. The molecule has 0 aliphatic heterocycles. The number of hydrogen-bond acceptors (Lipinski definition) is 5. The van der Waals surface area contributed by atoms with E-state index in [0.717, 1.165) is 5.56 Å². The van der Waals surface area contributed by atoms with Gasteiger partial charge in [0.05, 0.1) is 18.2 Å². The number of H-pyrrole nitrogens is 1. The molecule has 0 spiro atoms. The third kappa shape index (κ3) is 5.16. The number of nitrogens with one attached hydrogen (secondary N) is 2. The average molecular weight is 373 g/mol. The summed E-state index contributed by atoms with van der Waals surface area (Å²) < 4.78 is 5.36. The van der Waals surface area contributed by atoms with E-state index in [9.17, 15) is 19.5 Å². The van der Waals surface area contributed by atoms with Crippen LogP contribution in [0.25, 0.3) is 0 Å². The molecule has 1 unspecified atom stereocenters. The Morgan fingerprint density at radius 2 is 1.93 bits per heavy atom. The molecule has 8 nitrogen and oxygen atoms in total. The highest BCUT2D eigenvalue weighted by Crippen LogP contribution is 2.15. The molecule has 0 bridgehead atoms. The van der Waals surface area contributed by atoms with Crippen LogP contribution in [0.2, 0.25) is 0 Å². The predicted octanol–water partition coefficient (Wildman–Crippen LogP) is 1.46. The summed E-state index contributed by atoms with van der Waals surface area (Å²) in [6, 6.07) is 7.14. The first-order valence-electron chi connectivity index (χ1n) is 8.62. The van der Waals surface area contributed by atoms with Crippen molar-refractivity contribution in [1.29, 1.82) is 0 Å². The minimum Gasteiger partial charge on any atom is -0.494 e. The lowest BCUT2D eigenvalue weighted by atomic mass is 9.99. The molecule has 0 aliphatic carbocycles. The summed E-state index contributed by atoms with van der Waals surface area (Å²) in [7, 11) is 0. The summed E-state index contributed by atoms with van der Waals surface area (Å²) in [5, 5.41) is 18.1. The van der Waals surface area contributed by atoms with Gasteiger partial charge in [-0.25, -0.2) is 5.10 Å². The molecule has 1 amide bonds. The number of aromatic nitrogens is 2. The summed E-state index contributed by atoms with van der Waals surface area (Å²) in [4.78, 5) is 35.8. The maximum atomic E-state index is 12.4. The zero-order valence-corrected chi connectivity index (χ0v) is 15.5. The van der Waals surface area contributed by atoms with Gasteiger partial charge in [-0.2, -0.15) is 5.10 Å². The van der Waals surface area contributed by atoms with Gasteiger partial charge in [0.25, 0.3) is 11.5 Å². The minimum absolute atomic E-state index is 0.0484. The van der Waals surface area contributed by atoms with Crippen LogP contribution in [-0.2, 0) is 11.2 Å². The molecule has 0 radical (unpaired) electrons. The minimum atomic E-state index is -1.03. The second-order valence-corrected chi connectivity index (χ2v) is 6.16. The van der Waals surface area contributed by atoms with Crippen molar-refractivity contribution in [3.8, 4) is 5.75 Å². The first-order chi connectivity index (χ1) is 12.8. The van der Waals surface area contributed by atoms with Gasteiger partial charge < -0.3 is 15.2 Å². The normalized spacial score (nSPS) is 11.7. The van der Waals surface area contributed by atoms with Crippen LogP contribution < -0.4 is 15.6 Å². The van der Waals surface area contributed by atoms with Gasteiger partial charge in [-0.05, 0) is 50.5 Å². The van der Waals surface area contributed by atoms with Crippen LogP contribution >= 0.6 is 0 Å². The monoisotopic (exact) mass is 373 g/mol. The Balaban J connectivity index is 2.06. The van der Waals surface area contributed by atoms with Gasteiger partial charge in [-0.15, -0.1) is 0 Å². The highest BCUT2D eigenvalue weighted by Gasteiger charge is 2.22. The number of benzene rings is 1. The van der Waals surface area contributed by atoms with E-state index in [1.807, 2.05) is 6.92 Å². The Morgan fingerprint density at radius 1 is 1.26 bits per heavy atom. The molecule has 8 heteroatoms. The maximum Gasteiger partial charge on any atom is 0.308 e. The van der Waals surface area contributed by atoms with Crippen molar-refractivity contribution in [2.45, 2.75) is 27.2 Å². The molecule has 0 saturated heterocycles. The molecule has 1 aromatic heterocycles. The Kier molecular flexibility index (Phi) is 6.70. The third-order valence-corrected chi connectivity index (χ3v) is 4.27. The van der Waals surface area contributed by atoms with Gasteiger partial charge in [0.1, 0.15) is 11.3 Å². The van der Waals surface area contributed by atoms with Gasteiger partial charge in [0.2, 0.25) is 0 Å². The van der Waals surface area contributed by atoms with E-state index in [2.05, 4.69) is 15.5 Å². The van der Waals surface area contributed by atoms with E-state index in [0.29, 0.717) is 23.6 Å². The summed E-state index contributed by atoms with van der Waals surface area (Å²) in [5.41, 5.74) is 1.16. The summed E-state index contributed by atoms with van der Waals surface area (Å²) in [6.07, 6.45) is 0.243. The number of carbonyl (C=O) groups is 2. The fourth-order valence-corrected chi connectivity index (χ4v) is 2.62. The fourth-order valence-electron chi connectivity index (χ4n) is 2.62. The van der Waals surface area contributed by atoms with Crippen molar-refractivity contribution in [1.82, 2.24) is 15.5 Å². The molecule has 1 atom stereocenters. The second kappa shape index (κ2) is 8.98. The van der Waals surface area contributed by atoms with E-state index in [-0.39, 0.29) is 18.5 Å². The number of aliphatic carboxylic acids is 1. The molecular weight excluding hydrogens is 350 g/mol. The number of amides is 1. The summed E-state index contributed by atoms with van der Waals surface area (Å²) in [5.74, 6) is -1.75. The number of carboxylic acids is 1. The molecule has 27 heavy (non-hydrogen) atoms. The number of carbonyl (C=O) groups excluding carboxylic acids is 1. The molecule has 0 fully saturated rings. The predicted molar refractivity (Wildman–Crippen MR) is 99.1 cm³/mol. The topological polar surface area (TPSA) is 121 Å². The van der Waals surface area contributed by atoms with Crippen molar-refractivity contribution in [2.24, 2.45) is 5.92 Å². The molecule has 0 aliphatic rings. The number of aryl methyl sites for hydroxylation is 1. The number of aromatic amines is 1. The van der Waals surface area contributed by atoms with Gasteiger partial charge in [0.15, 0.2) is 0 Å². The lowest BCUT2D eigenvalue weighted by molar-refractivity contribution is -0.141. The first kappa shape index (κ1) is 20.2. The SMILES string of the molecule is CCOc1ccc(CC(CNC(=O)c2c(C)c(C)n[nH]c2=O)C(=O)O)cc1. The molecule has 1 aromatic carbocycles. The highest BCUT2D eigenvalue weighted by molar-refractivity contribution is 5.95. The van der Waals surface area contributed by atoms with Gasteiger partial charge in [0, 0.05) is 6.54 Å². The smallest absolute Gasteiger partial charge is 0.308 e. The Bertz CT molecular complexity index is 874. The molecule has 144 valence electrons. The largest absolute Gasteiger partial charge is 0.494 e. The van der Waals surface area contributed by atoms with Crippen LogP contribution in [0.1, 0.15) is 34.1 Å². The first-order valence-corrected chi connectivity index (χ1v) is 8.62. The van der Waals surface area contributed by atoms with E-state index in [1.54, 1.807) is 38.1 Å².